The van der Waals surface area contributed by atoms with Gasteiger partial charge in [-0.15, -0.1) is 0 Å². The summed E-state index contributed by atoms with van der Waals surface area (Å²) in [5, 5.41) is 12.4. The number of Topliss-reactive ketones (excluding diaryl/α,β-unsaturated/α-hetero) is 2. The first-order chi connectivity index (χ1) is 15.9. The predicted octanol–water partition coefficient (Wildman–Crippen LogP) is 5.25. The molecule has 1 aromatic carbocycles. The number of imidazole rings is 1. The van der Waals surface area contributed by atoms with Crippen molar-refractivity contribution in [2.24, 2.45) is 5.41 Å². The molecule has 4 rings (SSSR count). The highest BCUT2D eigenvalue weighted by atomic mass is 16.1. The van der Waals surface area contributed by atoms with Crippen molar-refractivity contribution in [2.75, 3.05) is 0 Å². The topological polar surface area (TPSA) is 100 Å². The lowest BCUT2D eigenvalue weighted by atomic mass is 9.96. The summed E-state index contributed by atoms with van der Waals surface area (Å²) in [4.78, 5) is 32.3. The molecule has 0 aliphatic heterocycles. The molecule has 0 unspecified atom stereocenters. The molecular formula is C27H31N5O2. The molecule has 3 aromatic rings. The quantitative estimate of drug-likeness (QED) is 0.415. The van der Waals surface area contributed by atoms with Crippen molar-refractivity contribution in [3.63, 3.8) is 0 Å². The number of carbonyl (C=O) groups is 2. The van der Waals surface area contributed by atoms with Crippen LogP contribution in [0.2, 0.25) is 0 Å². The van der Waals surface area contributed by atoms with E-state index in [2.05, 4.69) is 49.6 Å². The molecule has 2 aromatic heterocycles. The van der Waals surface area contributed by atoms with E-state index in [-0.39, 0.29) is 17.5 Å². The van der Waals surface area contributed by atoms with E-state index in [0.717, 1.165) is 29.5 Å². The number of aromatic nitrogens is 3. The predicted molar refractivity (Wildman–Crippen MR) is 132 cm³/mol. The van der Waals surface area contributed by atoms with Gasteiger partial charge >= 0.3 is 0 Å². The highest BCUT2D eigenvalue weighted by Crippen LogP contribution is 2.36. The van der Waals surface area contributed by atoms with Gasteiger partial charge in [0.25, 0.3) is 5.78 Å². The molecule has 0 saturated carbocycles. The summed E-state index contributed by atoms with van der Waals surface area (Å²) >= 11 is 0. The number of hydrogen-bond acceptors (Lipinski definition) is 6. The third-order valence-corrected chi connectivity index (χ3v) is 5.45. The summed E-state index contributed by atoms with van der Waals surface area (Å²) in [6, 6.07) is 7.10. The zero-order valence-corrected chi connectivity index (χ0v) is 20.7. The first-order valence-electron chi connectivity index (χ1n) is 11.3. The van der Waals surface area contributed by atoms with Gasteiger partial charge in [0, 0.05) is 5.56 Å². The Morgan fingerprint density at radius 1 is 1.26 bits per heavy atom. The number of nitriles is 1. The van der Waals surface area contributed by atoms with Gasteiger partial charge in [-0.3, -0.25) is 14.0 Å². The number of benzene rings is 1. The number of nitrogens with one attached hydrogen (secondary N) is 1. The summed E-state index contributed by atoms with van der Waals surface area (Å²) in [5.41, 5.74) is 6.35. The molecule has 34 heavy (non-hydrogen) atoms. The lowest BCUT2D eigenvalue weighted by Gasteiger charge is -2.18. The molecule has 7 nitrogen and oxygen atoms in total. The Labute approximate surface area is 200 Å². The molecule has 0 spiro atoms. The Kier molecular flexibility index (Phi) is 7.01. The van der Waals surface area contributed by atoms with Crippen LogP contribution in [0, 0.1) is 23.7 Å². The highest BCUT2D eigenvalue weighted by Gasteiger charge is 2.26. The maximum absolute atomic E-state index is 12.0. The van der Waals surface area contributed by atoms with Gasteiger partial charge in [0.05, 0.1) is 23.6 Å². The zero-order chi connectivity index (χ0) is 25.2. The van der Waals surface area contributed by atoms with Gasteiger partial charge < -0.3 is 5.32 Å². The van der Waals surface area contributed by atoms with Crippen molar-refractivity contribution in [3.8, 4) is 6.07 Å². The molecule has 2 heterocycles. The first kappa shape index (κ1) is 24.8. The van der Waals surface area contributed by atoms with Gasteiger partial charge in [0.15, 0.2) is 11.4 Å². The second-order valence-electron chi connectivity index (χ2n) is 10.2. The molecule has 1 aliphatic rings. The summed E-state index contributed by atoms with van der Waals surface area (Å²) in [6.07, 6.45) is 4.73. The number of hydrogen-bond donors (Lipinski definition) is 1. The summed E-state index contributed by atoms with van der Waals surface area (Å²) in [7, 11) is 0. The van der Waals surface area contributed by atoms with Crippen molar-refractivity contribution < 1.29 is 9.59 Å². The van der Waals surface area contributed by atoms with Gasteiger partial charge in [-0.2, -0.15) is 5.26 Å². The van der Waals surface area contributed by atoms with Crippen molar-refractivity contribution in [1.29, 1.82) is 5.26 Å². The van der Waals surface area contributed by atoms with E-state index < -0.39 is 5.78 Å². The Bertz CT molecular complexity index is 1320. The third kappa shape index (κ3) is 5.40. The highest BCUT2D eigenvalue weighted by molar-refractivity contribution is 6.07. The fraction of sp³-hybridized carbons (Fsp3) is 0.370. The van der Waals surface area contributed by atoms with Crippen LogP contribution >= 0.6 is 0 Å². The molecule has 0 bridgehead atoms. The van der Waals surface area contributed by atoms with Crippen LogP contribution in [-0.2, 0) is 6.42 Å². The van der Waals surface area contributed by atoms with Gasteiger partial charge in [0.2, 0.25) is 0 Å². The maximum Gasteiger partial charge on any atom is 0.279 e. The van der Waals surface area contributed by atoms with E-state index in [1.165, 1.54) is 22.5 Å². The van der Waals surface area contributed by atoms with Crippen molar-refractivity contribution in [3.05, 3.63) is 70.9 Å². The van der Waals surface area contributed by atoms with E-state index in [4.69, 9.17) is 5.26 Å². The van der Waals surface area contributed by atoms with Gasteiger partial charge in [-0.05, 0) is 54.9 Å². The summed E-state index contributed by atoms with van der Waals surface area (Å²) in [6.45, 7) is 16.4. The molecule has 0 amide bonds. The van der Waals surface area contributed by atoms with Gasteiger partial charge in [-0.25, -0.2) is 9.97 Å². The Morgan fingerprint density at radius 3 is 2.56 bits per heavy atom. The second-order valence-corrected chi connectivity index (χ2v) is 10.2. The molecule has 1 aliphatic carbocycles. The van der Waals surface area contributed by atoms with Crippen LogP contribution in [0.5, 0.6) is 0 Å². The zero-order valence-electron chi connectivity index (χ0n) is 20.7. The van der Waals surface area contributed by atoms with Crippen LogP contribution in [0.1, 0.15) is 90.3 Å². The second kappa shape index (κ2) is 9.60. The minimum atomic E-state index is -0.664. The standard InChI is InChI=1S/C22H19N5O2.C5H12/c1-12-15(14(3)28)4-5-17-16(12)6-7-18(17)25-13(2)19-8-20(21(29)9-23)27-11-24-10-22(27)26-19;1-5(2,3)4/h4-5,8,10-11,18,25H,2,6-7H2,1,3H3;1-4H3/t18-;/m0./s1. The molecule has 0 fully saturated rings. The van der Waals surface area contributed by atoms with E-state index in [9.17, 15) is 9.59 Å². The van der Waals surface area contributed by atoms with Gasteiger partial charge in [0.1, 0.15) is 18.1 Å². The van der Waals surface area contributed by atoms with E-state index >= 15 is 0 Å². The van der Waals surface area contributed by atoms with Crippen LogP contribution in [0.3, 0.4) is 0 Å². The largest absolute Gasteiger partial charge is 0.377 e. The average Bonchev–Trinajstić information content (AvgIpc) is 3.38. The van der Waals surface area contributed by atoms with E-state index in [0.29, 0.717) is 22.5 Å². The van der Waals surface area contributed by atoms with Crippen LogP contribution in [0.15, 0.2) is 37.3 Å². The first-order valence-corrected chi connectivity index (χ1v) is 11.3. The number of rotatable bonds is 5. The summed E-state index contributed by atoms with van der Waals surface area (Å²) < 4.78 is 1.49. The Balaban J connectivity index is 0.000000588. The van der Waals surface area contributed by atoms with E-state index in [1.807, 2.05) is 19.1 Å². The number of fused-ring (bicyclic) bond motifs is 2. The fourth-order valence-corrected chi connectivity index (χ4v) is 3.99. The van der Waals surface area contributed by atoms with Crippen LogP contribution in [0.25, 0.3) is 11.3 Å². The fourth-order valence-electron chi connectivity index (χ4n) is 3.99. The normalized spacial score (nSPS) is 14.6. The lowest BCUT2D eigenvalue weighted by molar-refractivity contribution is 0.101. The lowest BCUT2D eigenvalue weighted by Crippen LogP contribution is -2.19. The number of nitrogens with zero attached hydrogens (tertiary/aromatic N) is 4. The van der Waals surface area contributed by atoms with Crippen molar-refractivity contribution >= 4 is 22.9 Å². The molecule has 1 atom stereocenters. The average molecular weight is 458 g/mol. The monoisotopic (exact) mass is 457 g/mol. The smallest absolute Gasteiger partial charge is 0.279 e. The van der Waals surface area contributed by atoms with Crippen LogP contribution in [-0.4, -0.2) is 25.9 Å². The molecule has 1 N–H and O–H groups in total. The minimum absolute atomic E-state index is 0.0373. The van der Waals surface area contributed by atoms with Crippen molar-refractivity contribution in [1.82, 2.24) is 19.7 Å². The van der Waals surface area contributed by atoms with Gasteiger partial charge in [-0.1, -0.05) is 46.4 Å². The molecule has 0 saturated heterocycles. The Morgan fingerprint density at radius 2 is 1.94 bits per heavy atom. The van der Waals surface area contributed by atoms with Crippen LogP contribution < -0.4 is 5.32 Å². The third-order valence-electron chi connectivity index (χ3n) is 5.45. The molecule has 0 radical (unpaired) electrons. The molecule has 176 valence electrons. The molecule has 7 heteroatoms. The Hall–Kier alpha value is -3.79. The summed E-state index contributed by atoms with van der Waals surface area (Å²) in [5.74, 6) is -0.595. The number of ketones is 2. The van der Waals surface area contributed by atoms with Crippen LogP contribution in [0.4, 0.5) is 0 Å². The maximum atomic E-state index is 12.0. The van der Waals surface area contributed by atoms with E-state index in [1.54, 1.807) is 19.1 Å². The SMILES string of the molecule is C=C(N[C@H]1CCc2c1ccc(C(C)=O)c2C)c1cc(C(=O)C#N)n2cncc2n1.CC(C)(C)C. The minimum Gasteiger partial charge on any atom is -0.377 e. The van der Waals surface area contributed by atoms with Crippen molar-refractivity contribution in [2.45, 2.75) is 60.4 Å². The number of carbonyl (C=O) groups excluding carboxylic acids is 2. The molecular weight excluding hydrogens is 426 g/mol.